The van der Waals surface area contributed by atoms with Crippen molar-refractivity contribution in [2.45, 2.75) is 50.3 Å². The number of piperidine rings is 1. The lowest BCUT2D eigenvalue weighted by atomic mass is 9.99. The number of carbonyl (C=O) groups is 2. The predicted octanol–water partition coefficient (Wildman–Crippen LogP) is 3.51. The topological polar surface area (TPSA) is 95.6 Å². The molecular formula is C22H29N3O4S2. The van der Waals surface area contributed by atoms with Crippen LogP contribution in [0.4, 0.5) is 5.69 Å². The Labute approximate surface area is 187 Å². The van der Waals surface area contributed by atoms with Gasteiger partial charge >= 0.3 is 0 Å². The second-order valence-corrected chi connectivity index (χ2v) is 11.2. The number of anilines is 1. The van der Waals surface area contributed by atoms with E-state index in [0.29, 0.717) is 36.6 Å². The first-order valence-electron chi connectivity index (χ1n) is 10.5. The van der Waals surface area contributed by atoms with Gasteiger partial charge in [0.25, 0.3) is 10.0 Å². The summed E-state index contributed by atoms with van der Waals surface area (Å²) in [6, 6.07) is 10.8. The molecule has 1 aliphatic heterocycles. The van der Waals surface area contributed by atoms with E-state index in [4.69, 9.17) is 0 Å². The van der Waals surface area contributed by atoms with Crippen LogP contribution in [0.5, 0.6) is 0 Å². The van der Waals surface area contributed by atoms with Gasteiger partial charge in [-0.2, -0.15) is 4.31 Å². The molecule has 1 aromatic heterocycles. The normalized spacial score (nSPS) is 17.3. The van der Waals surface area contributed by atoms with E-state index in [1.165, 1.54) is 15.6 Å². The van der Waals surface area contributed by atoms with Crippen molar-refractivity contribution in [2.75, 3.05) is 18.4 Å². The average Bonchev–Trinajstić information content (AvgIpc) is 3.20. The molecule has 1 unspecified atom stereocenters. The van der Waals surface area contributed by atoms with Gasteiger partial charge in [0.2, 0.25) is 11.8 Å². The van der Waals surface area contributed by atoms with Crippen LogP contribution in [0, 0.1) is 12.8 Å². The fourth-order valence-electron chi connectivity index (χ4n) is 3.54. The number of hydrogen-bond donors (Lipinski definition) is 2. The molecule has 1 atom stereocenters. The smallest absolute Gasteiger partial charge is 0.252 e. The Morgan fingerprint density at radius 2 is 1.90 bits per heavy atom. The number of hydrogen-bond acceptors (Lipinski definition) is 5. The Balaban J connectivity index is 1.54. The second kappa shape index (κ2) is 10.4. The van der Waals surface area contributed by atoms with Crippen LogP contribution >= 0.6 is 11.3 Å². The van der Waals surface area contributed by atoms with Crippen LogP contribution in [-0.4, -0.2) is 37.6 Å². The number of benzene rings is 1. The molecule has 0 aliphatic carbocycles. The summed E-state index contributed by atoms with van der Waals surface area (Å²) in [5.74, 6) is -0.516. The van der Waals surface area contributed by atoms with Crippen molar-refractivity contribution in [2.24, 2.45) is 5.92 Å². The van der Waals surface area contributed by atoms with Crippen molar-refractivity contribution in [3.63, 3.8) is 0 Å². The monoisotopic (exact) mass is 463 g/mol. The van der Waals surface area contributed by atoms with Crippen LogP contribution in [0.2, 0.25) is 0 Å². The lowest BCUT2D eigenvalue weighted by Crippen LogP contribution is -2.45. The van der Waals surface area contributed by atoms with Crippen LogP contribution in [-0.2, 0) is 26.2 Å². The van der Waals surface area contributed by atoms with Crippen LogP contribution in [0.3, 0.4) is 0 Å². The lowest BCUT2D eigenvalue weighted by molar-refractivity contribution is -0.126. The highest BCUT2D eigenvalue weighted by atomic mass is 32.2. The molecule has 0 saturated carbocycles. The molecule has 31 heavy (non-hydrogen) atoms. The van der Waals surface area contributed by atoms with Crippen molar-refractivity contribution in [1.29, 1.82) is 0 Å². The SMILES string of the molecule is CCCC(=O)Nc1ccc(CNC(=O)C2CCCN(S(=O)(=O)c3ccc(C)s3)C2)cc1. The number of aryl methyl sites for hydroxylation is 1. The Morgan fingerprint density at radius 3 is 2.55 bits per heavy atom. The van der Waals surface area contributed by atoms with E-state index in [2.05, 4.69) is 10.6 Å². The van der Waals surface area contributed by atoms with Crippen molar-refractivity contribution in [3.05, 3.63) is 46.8 Å². The van der Waals surface area contributed by atoms with Crippen LogP contribution in [0.25, 0.3) is 0 Å². The third-order valence-electron chi connectivity index (χ3n) is 5.25. The second-order valence-electron chi connectivity index (χ2n) is 7.78. The van der Waals surface area contributed by atoms with E-state index in [1.807, 2.05) is 38.1 Å². The zero-order valence-electron chi connectivity index (χ0n) is 17.9. The van der Waals surface area contributed by atoms with E-state index in [9.17, 15) is 18.0 Å². The maximum absolute atomic E-state index is 12.9. The number of nitrogens with one attached hydrogen (secondary N) is 2. The molecule has 1 aromatic carbocycles. The summed E-state index contributed by atoms with van der Waals surface area (Å²) in [5.41, 5.74) is 1.64. The number of nitrogens with zero attached hydrogens (tertiary/aromatic N) is 1. The number of thiophene rings is 1. The highest BCUT2D eigenvalue weighted by Crippen LogP contribution is 2.28. The van der Waals surface area contributed by atoms with Gasteiger partial charge < -0.3 is 10.6 Å². The minimum Gasteiger partial charge on any atom is -0.352 e. The van der Waals surface area contributed by atoms with Crippen LogP contribution < -0.4 is 10.6 Å². The molecule has 168 valence electrons. The zero-order chi connectivity index (χ0) is 22.4. The molecule has 2 amide bonds. The minimum atomic E-state index is -3.56. The fourth-order valence-corrected chi connectivity index (χ4v) is 6.50. The van der Waals surface area contributed by atoms with E-state index < -0.39 is 10.0 Å². The van der Waals surface area contributed by atoms with Gasteiger partial charge in [0, 0.05) is 36.6 Å². The van der Waals surface area contributed by atoms with E-state index in [-0.39, 0.29) is 24.3 Å². The quantitative estimate of drug-likeness (QED) is 0.626. The molecule has 3 rings (SSSR count). The van der Waals surface area contributed by atoms with E-state index in [1.54, 1.807) is 12.1 Å². The van der Waals surface area contributed by atoms with Gasteiger partial charge in [-0.3, -0.25) is 9.59 Å². The maximum Gasteiger partial charge on any atom is 0.252 e. The van der Waals surface area contributed by atoms with Crippen molar-refractivity contribution < 1.29 is 18.0 Å². The van der Waals surface area contributed by atoms with Crippen molar-refractivity contribution >= 4 is 38.9 Å². The Morgan fingerprint density at radius 1 is 1.16 bits per heavy atom. The summed E-state index contributed by atoms with van der Waals surface area (Å²) < 4.78 is 27.5. The summed E-state index contributed by atoms with van der Waals surface area (Å²) in [5, 5.41) is 5.75. The first-order valence-corrected chi connectivity index (χ1v) is 12.8. The van der Waals surface area contributed by atoms with Gasteiger partial charge in [0.15, 0.2) is 0 Å². The molecule has 7 nitrogen and oxygen atoms in total. The van der Waals surface area contributed by atoms with E-state index in [0.717, 1.165) is 22.5 Å². The summed E-state index contributed by atoms with van der Waals surface area (Å²) in [4.78, 5) is 25.3. The Kier molecular flexibility index (Phi) is 7.85. The highest BCUT2D eigenvalue weighted by molar-refractivity contribution is 7.91. The molecule has 9 heteroatoms. The molecular weight excluding hydrogens is 434 g/mol. The van der Waals surface area contributed by atoms with Gasteiger partial charge in [-0.1, -0.05) is 19.1 Å². The van der Waals surface area contributed by atoms with Gasteiger partial charge in [0.1, 0.15) is 4.21 Å². The summed E-state index contributed by atoms with van der Waals surface area (Å²) in [6.45, 7) is 4.83. The van der Waals surface area contributed by atoms with Gasteiger partial charge in [-0.05, 0) is 56.0 Å². The molecule has 1 aliphatic rings. The predicted molar refractivity (Wildman–Crippen MR) is 122 cm³/mol. The van der Waals surface area contributed by atoms with Gasteiger partial charge in [-0.15, -0.1) is 11.3 Å². The van der Waals surface area contributed by atoms with E-state index >= 15 is 0 Å². The number of rotatable bonds is 8. The molecule has 0 spiro atoms. The van der Waals surface area contributed by atoms with Gasteiger partial charge in [-0.25, -0.2) is 8.42 Å². The molecule has 1 saturated heterocycles. The number of amides is 2. The molecule has 2 aromatic rings. The third kappa shape index (κ3) is 6.15. The summed E-state index contributed by atoms with van der Waals surface area (Å²) >= 11 is 1.26. The number of carbonyl (C=O) groups excluding carboxylic acids is 2. The summed E-state index contributed by atoms with van der Waals surface area (Å²) in [6.07, 6.45) is 2.61. The number of sulfonamides is 1. The average molecular weight is 464 g/mol. The molecule has 1 fully saturated rings. The molecule has 0 radical (unpaired) electrons. The highest BCUT2D eigenvalue weighted by Gasteiger charge is 2.33. The molecule has 2 heterocycles. The van der Waals surface area contributed by atoms with Gasteiger partial charge in [0.05, 0.1) is 5.92 Å². The molecule has 2 N–H and O–H groups in total. The largest absolute Gasteiger partial charge is 0.352 e. The Bertz CT molecular complexity index is 1020. The zero-order valence-corrected chi connectivity index (χ0v) is 19.5. The summed E-state index contributed by atoms with van der Waals surface area (Å²) in [7, 11) is -3.56. The maximum atomic E-state index is 12.9. The first-order chi connectivity index (χ1) is 14.8. The lowest BCUT2D eigenvalue weighted by Gasteiger charge is -2.30. The third-order valence-corrected chi connectivity index (χ3v) is 8.58. The standard InChI is InChI=1S/C22H29N3O4S2/c1-3-5-20(26)24-19-10-8-17(9-11-19)14-23-22(27)18-6-4-13-25(15-18)31(28,29)21-12-7-16(2)30-21/h7-12,18H,3-6,13-15H2,1-2H3,(H,23,27)(H,24,26). The minimum absolute atomic E-state index is 0.0157. The van der Waals surface area contributed by atoms with Crippen molar-refractivity contribution in [1.82, 2.24) is 9.62 Å². The van der Waals surface area contributed by atoms with Crippen LogP contribution in [0.15, 0.2) is 40.6 Å². The fraction of sp³-hybridized carbons (Fsp3) is 0.455. The van der Waals surface area contributed by atoms with Crippen molar-refractivity contribution in [3.8, 4) is 0 Å². The van der Waals surface area contributed by atoms with Crippen LogP contribution in [0.1, 0.15) is 43.0 Å². The Hall–Kier alpha value is -2.23. The first kappa shape index (κ1) is 23.4. The molecule has 0 bridgehead atoms.